The molecule has 3 aliphatic rings. The molecular formula is C28H35N9O2. The summed E-state index contributed by atoms with van der Waals surface area (Å²) in [4.78, 5) is 40.3. The lowest BCUT2D eigenvalue weighted by molar-refractivity contribution is -0.132. The molecule has 2 fully saturated rings. The zero-order chi connectivity index (χ0) is 26.8. The van der Waals surface area contributed by atoms with Crippen LogP contribution in [0.2, 0.25) is 0 Å². The van der Waals surface area contributed by atoms with Crippen LogP contribution in [-0.2, 0) is 22.4 Å². The average Bonchev–Trinajstić information content (AvgIpc) is 3.42. The van der Waals surface area contributed by atoms with E-state index in [9.17, 15) is 4.79 Å². The maximum atomic E-state index is 13.1. The van der Waals surface area contributed by atoms with Crippen LogP contribution in [0.15, 0.2) is 36.7 Å². The molecule has 39 heavy (non-hydrogen) atoms. The predicted molar refractivity (Wildman–Crippen MR) is 150 cm³/mol. The number of hydrogen-bond donors (Lipinski definition) is 1. The molecule has 204 valence electrons. The monoisotopic (exact) mass is 529 g/mol. The normalized spacial score (nSPS) is 17.9. The largest absolute Gasteiger partial charge is 0.378 e. The summed E-state index contributed by atoms with van der Waals surface area (Å²) >= 11 is 0. The van der Waals surface area contributed by atoms with Crippen molar-refractivity contribution < 1.29 is 9.53 Å². The third-order valence-corrected chi connectivity index (χ3v) is 7.80. The number of benzene rings is 1. The van der Waals surface area contributed by atoms with Crippen molar-refractivity contribution in [1.82, 2.24) is 29.7 Å². The molecule has 1 aromatic carbocycles. The molecule has 0 bridgehead atoms. The summed E-state index contributed by atoms with van der Waals surface area (Å²) in [5.74, 6) is 1.98. The number of ether oxygens (including phenoxy) is 1. The molecule has 2 N–H and O–H groups in total. The molecule has 0 radical (unpaired) electrons. The summed E-state index contributed by atoms with van der Waals surface area (Å²) < 4.78 is 5.56. The fourth-order valence-electron chi connectivity index (χ4n) is 5.53. The molecule has 11 heteroatoms. The van der Waals surface area contributed by atoms with Gasteiger partial charge < -0.3 is 30.1 Å². The molecule has 11 nitrogen and oxygen atoms in total. The van der Waals surface area contributed by atoms with Crippen LogP contribution in [0.25, 0.3) is 11.3 Å². The lowest BCUT2D eigenvalue weighted by Gasteiger charge is -2.34. The number of amides is 1. The lowest BCUT2D eigenvalue weighted by atomic mass is 10.1. The summed E-state index contributed by atoms with van der Waals surface area (Å²) in [5.41, 5.74) is 10.5. The highest BCUT2D eigenvalue weighted by Gasteiger charge is 2.30. The van der Waals surface area contributed by atoms with Crippen molar-refractivity contribution in [1.29, 1.82) is 0 Å². The van der Waals surface area contributed by atoms with E-state index in [-0.39, 0.29) is 11.9 Å². The van der Waals surface area contributed by atoms with Crippen molar-refractivity contribution in [2.45, 2.75) is 19.8 Å². The van der Waals surface area contributed by atoms with Gasteiger partial charge in [0, 0.05) is 75.0 Å². The second kappa shape index (κ2) is 11.1. The third-order valence-electron chi connectivity index (χ3n) is 7.80. The molecule has 5 heterocycles. The number of nitrogen functional groups attached to an aromatic ring is 1. The maximum Gasteiger partial charge on any atom is 0.228 e. The van der Waals surface area contributed by atoms with Crippen molar-refractivity contribution in [2.24, 2.45) is 0 Å². The second-order valence-electron chi connectivity index (χ2n) is 10.2. The number of morpholine rings is 1. The quantitative estimate of drug-likeness (QED) is 0.506. The maximum absolute atomic E-state index is 13.1. The summed E-state index contributed by atoms with van der Waals surface area (Å²) in [6.07, 6.45) is 4.65. The third kappa shape index (κ3) is 5.37. The highest BCUT2D eigenvalue weighted by molar-refractivity contribution is 5.80. The fraction of sp³-hybridized carbons (Fsp3) is 0.464. The zero-order valence-electron chi connectivity index (χ0n) is 22.4. The number of rotatable bonds is 6. The first-order chi connectivity index (χ1) is 19.1. The van der Waals surface area contributed by atoms with Crippen molar-refractivity contribution in [3.05, 3.63) is 47.8 Å². The molecule has 1 amide bonds. The average molecular weight is 530 g/mol. The topological polar surface area (TPSA) is 117 Å². The number of piperazine rings is 1. The van der Waals surface area contributed by atoms with Crippen molar-refractivity contribution in [3.63, 3.8) is 0 Å². The van der Waals surface area contributed by atoms with Crippen LogP contribution in [0.5, 0.6) is 0 Å². The van der Waals surface area contributed by atoms with Gasteiger partial charge in [-0.3, -0.25) is 4.79 Å². The molecule has 3 aromatic rings. The van der Waals surface area contributed by atoms with Crippen LogP contribution in [0, 0.1) is 0 Å². The standard InChI is InChI=1S/C28H35N9O2/c1-2-34-8-10-35(11-9-34)24(38)17-20-4-3-5-22(16-20)37-7-6-23-25(21-18-30-27(29)31-19-21)32-28(33-26(23)37)36-12-14-39-15-13-36/h3-5,16,18-19H,2,6-15,17H2,1H3,(H2,29,30,31). The van der Waals surface area contributed by atoms with E-state index in [0.717, 1.165) is 92.7 Å². The molecule has 0 aliphatic carbocycles. The van der Waals surface area contributed by atoms with Gasteiger partial charge >= 0.3 is 0 Å². The first kappa shape index (κ1) is 25.4. The number of anilines is 4. The number of nitrogens with two attached hydrogens (primary N) is 1. The minimum atomic E-state index is 0.187. The minimum absolute atomic E-state index is 0.187. The van der Waals surface area contributed by atoms with E-state index in [2.05, 4.69) is 43.7 Å². The van der Waals surface area contributed by atoms with E-state index >= 15 is 0 Å². The number of hydrogen-bond acceptors (Lipinski definition) is 10. The Morgan fingerprint density at radius 1 is 1.00 bits per heavy atom. The van der Waals surface area contributed by atoms with Crippen molar-refractivity contribution >= 4 is 29.3 Å². The molecular weight excluding hydrogens is 494 g/mol. The van der Waals surface area contributed by atoms with Gasteiger partial charge in [-0.1, -0.05) is 19.1 Å². The SMILES string of the molecule is CCN1CCN(C(=O)Cc2cccc(N3CCc4c(-c5cnc(N)nc5)nc(N5CCOCC5)nc43)c2)CC1. The summed E-state index contributed by atoms with van der Waals surface area (Å²) in [6, 6.07) is 8.28. The van der Waals surface area contributed by atoms with Crippen molar-refractivity contribution in [2.75, 3.05) is 81.1 Å². The van der Waals surface area contributed by atoms with Gasteiger partial charge in [0.05, 0.1) is 25.3 Å². The first-order valence-electron chi connectivity index (χ1n) is 13.8. The number of fused-ring (bicyclic) bond motifs is 1. The summed E-state index contributed by atoms with van der Waals surface area (Å²) in [5, 5.41) is 0. The van der Waals surface area contributed by atoms with E-state index in [1.165, 1.54) is 0 Å². The Morgan fingerprint density at radius 2 is 1.77 bits per heavy atom. The van der Waals surface area contributed by atoms with Gasteiger partial charge in [-0.15, -0.1) is 0 Å². The Morgan fingerprint density at radius 3 is 2.51 bits per heavy atom. The number of carbonyl (C=O) groups excluding carboxylic acids is 1. The van der Waals surface area contributed by atoms with E-state index in [1.807, 2.05) is 17.0 Å². The number of nitrogens with zero attached hydrogens (tertiary/aromatic N) is 8. The van der Waals surface area contributed by atoms with Gasteiger partial charge in [0.25, 0.3) is 0 Å². The van der Waals surface area contributed by atoms with Gasteiger partial charge in [-0.05, 0) is 30.7 Å². The smallest absolute Gasteiger partial charge is 0.228 e. The van der Waals surface area contributed by atoms with Gasteiger partial charge in [0.2, 0.25) is 17.8 Å². The lowest BCUT2D eigenvalue weighted by Crippen LogP contribution is -2.48. The predicted octanol–water partition coefficient (Wildman–Crippen LogP) is 1.75. The highest BCUT2D eigenvalue weighted by atomic mass is 16.5. The molecule has 2 aromatic heterocycles. The summed E-state index contributed by atoms with van der Waals surface area (Å²) in [6.45, 7) is 10.2. The second-order valence-corrected chi connectivity index (χ2v) is 10.2. The molecule has 0 atom stereocenters. The molecule has 3 aliphatic heterocycles. The number of aromatic nitrogens is 4. The fourth-order valence-corrected chi connectivity index (χ4v) is 5.53. The molecule has 6 rings (SSSR count). The van der Waals surface area contributed by atoms with Gasteiger partial charge in [-0.25, -0.2) is 15.0 Å². The Hall–Kier alpha value is -3.83. The molecule has 0 spiro atoms. The van der Waals surface area contributed by atoms with E-state index in [4.69, 9.17) is 20.4 Å². The highest BCUT2D eigenvalue weighted by Crippen LogP contribution is 2.39. The van der Waals surface area contributed by atoms with Gasteiger partial charge in [-0.2, -0.15) is 4.98 Å². The molecule has 2 saturated heterocycles. The Balaban J connectivity index is 1.29. The Kier molecular flexibility index (Phi) is 7.25. The van der Waals surface area contributed by atoms with Gasteiger partial charge in [0.15, 0.2) is 0 Å². The van der Waals surface area contributed by atoms with Crippen LogP contribution in [-0.4, -0.2) is 101 Å². The van der Waals surface area contributed by atoms with Crippen LogP contribution in [0.4, 0.5) is 23.4 Å². The first-order valence-corrected chi connectivity index (χ1v) is 13.8. The Labute approximate surface area is 228 Å². The van der Waals surface area contributed by atoms with Crippen LogP contribution < -0.4 is 15.5 Å². The number of carbonyl (C=O) groups is 1. The zero-order valence-corrected chi connectivity index (χ0v) is 22.4. The Bertz CT molecular complexity index is 1320. The van der Waals surface area contributed by atoms with Crippen LogP contribution in [0.3, 0.4) is 0 Å². The van der Waals surface area contributed by atoms with E-state index in [1.54, 1.807) is 12.4 Å². The minimum Gasteiger partial charge on any atom is -0.378 e. The van der Waals surface area contributed by atoms with Crippen LogP contribution >= 0.6 is 0 Å². The van der Waals surface area contributed by atoms with E-state index < -0.39 is 0 Å². The molecule has 0 saturated carbocycles. The van der Waals surface area contributed by atoms with Gasteiger partial charge in [0.1, 0.15) is 5.82 Å². The van der Waals surface area contributed by atoms with Crippen molar-refractivity contribution in [3.8, 4) is 11.3 Å². The van der Waals surface area contributed by atoms with Crippen LogP contribution in [0.1, 0.15) is 18.1 Å². The summed E-state index contributed by atoms with van der Waals surface area (Å²) in [7, 11) is 0. The van der Waals surface area contributed by atoms with E-state index in [0.29, 0.717) is 25.6 Å². The molecule has 0 unspecified atom stereocenters. The number of likely N-dealkylation sites (N-methyl/N-ethyl adjacent to an activating group) is 1.